The lowest BCUT2D eigenvalue weighted by molar-refractivity contribution is -0.150. The molecule has 8 nitrogen and oxygen atoms in total. The number of benzene rings is 1. The van der Waals surface area contributed by atoms with E-state index in [0.717, 1.165) is 5.56 Å². The van der Waals surface area contributed by atoms with Gasteiger partial charge in [0.25, 0.3) is 0 Å². The fraction of sp³-hybridized carbons (Fsp3) is 0.625. The zero-order chi connectivity index (χ0) is 23.3. The number of carbonyl (C=O) groups excluding carboxylic acids is 3. The molecule has 1 aromatic carbocycles. The van der Waals surface area contributed by atoms with E-state index in [2.05, 4.69) is 10.6 Å². The number of nitrogens with zero attached hydrogens (tertiary/aromatic N) is 1. The molecule has 174 valence electrons. The third-order valence-electron chi connectivity index (χ3n) is 7.91. The van der Waals surface area contributed by atoms with Gasteiger partial charge in [-0.15, -0.1) is 0 Å². The SMILES string of the molecule is CC[C@@H](CO)N1C(=O)[C@@H]2[C@H](C(=O)NC)[C@@]3(C)OC2(CC3C)C1C(=O)NCc1ccccc1. The van der Waals surface area contributed by atoms with E-state index < -0.39 is 35.1 Å². The smallest absolute Gasteiger partial charge is 0.246 e. The minimum absolute atomic E-state index is 0.00701. The number of hydrogen-bond donors (Lipinski definition) is 3. The molecule has 3 unspecified atom stereocenters. The van der Waals surface area contributed by atoms with Gasteiger partial charge in [0.2, 0.25) is 17.7 Å². The van der Waals surface area contributed by atoms with Gasteiger partial charge in [0.1, 0.15) is 11.6 Å². The lowest BCUT2D eigenvalue weighted by atomic mass is 9.62. The molecule has 0 aromatic heterocycles. The fourth-order valence-electron chi connectivity index (χ4n) is 6.22. The number of amides is 3. The number of nitrogens with one attached hydrogen (secondary N) is 2. The number of fused-ring (bicyclic) bond motifs is 1. The fourth-order valence-corrected chi connectivity index (χ4v) is 6.22. The van der Waals surface area contributed by atoms with Crippen LogP contribution in [0.4, 0.5) is 0 Å². The first kappa shape index (κ1) is 22.7. The largest absolute Gasteiger partial charge is 0.394 e. The second-order valence-electron chi connectivity index (χ2n) is 9.51. The van der Waals surface area contributed by atoms with E-state index >= 15 is 0 Å². The molecule has 3 fully saturated rings. The van der Waals surface area contributed by atoms with E-state index in [4.69, 9.17) is 4.74 Å². The molecule has 0 aliphatic carbocycles. The maximum absolute atomic E-state index is 13.8. The van der Waals surface area contributed by atoms with Gasteiger partial charge in [-0.05, 0) is 31.2 Å². The van der Waals surface area contributed by atoms with Crippen LogP contribution in [0, 0.1) is 17.8 Å². The van der Waals surface area contributed by atoms with E-state index in [1.54, 1.807) is 7.05 Å². The Balaban J connectivity index is 1.74. The third kappa shape index (κ3) is 3.07. The monoisotopic (exact) mass is 443 g/mol. The highest BCUT2D eigenvalue weighted by molar-refractivity contribution is 5.99. The summed E-state index contributed by atoms with van der Waals surface area (Å²) < 4.78 is 6.58. The van der Waals surface area contributed by atoms with Gasteiger partial charge in [-0.25, -0.2) is 0 Å². The number of aliphatic hydroxyl groups excluding tert-OH is 1. The Bertz CT molecular complexity index is 904. The van der Waals surface area contributed by atoms with Gasteiger partial charge in [-0.1, -0.05) is 44.2 Å². The van der Waals surface area contributed by atoms with Crippen molar-refractivity contribution in [3.05, 3.63) is 35.9 Å². The highest BCUT2D eigenvalue weighted by Crippen LogP contribution is 2.65. The molecule has 3 aliphatic heterocycles. The standard InChI is InChI=1S/C24H33N3O5/c1-5-16(13-28)27-19(21(30)26-12-15-9-7-6-8-10-15)24-11-14(2)23(3,32-24)17(20(29)25-4)18(24)22(27)31/h6-10,14,16-19,28H,5,11-13H2,1-4H3,(H,25,29)(H,26,30)/t14?,16-,17+,18-,19?,23-,24?/m0/s1. The van der Waals surface area contributed by atoms with Crippen molar-refractivity contribution in [1.29, 1.82) is 0 Å². The summed E-state index contributed by atoms with van der Waals surface area (Å²) in [5, 5.41) is 15.7. The van der Waals surface area contributed by atoms with Gasteiger partial charge in [-0.3, -0.25) is 14.4 Å². The first-order valence-corrected chi connectivity index (χ1v) is 11.4. The van der Waals surface area contributed by atoms with Crippen molar-refractivity contribution in [1.82, 2.24) is 15.5 Å². The molecule has 1 spiro atoms. The van der Waals surface area contributed by atoms with Gasteiger partial charge < -0.3 is 25.4 Å². The summed E-state index contributed by atoms with van der Waals surface area (Å²) in [5.74, 6) is -2.29. The lowest BCUT2D eigenvalue weighted by Gasteiger charge is -2.36. The first-order chi connectivity index (χ1) is 15.2. The number of ether oxygens (including phenoxy) is 1. The Hall–Kier alpha value is -2.45. The van der Waals surface area contributed by atoms with Crippen LogP contribution in [0.15, 0.2) is 30.3 Å². The molecule has 2 bridgehead atoms. The van der Waals surface area contributed by atoms with Crippen LogP contribution in [-0.2, 0) is 25.7 Å². The minimum atomic E-state index is -1.09. The van der Waals surface area contributed by atoms with Gasteiger partial charge in [0.15, 0.2) is 0 Å². The Kier molecular flexibility index (Phi) is 5.79. The van der Waals surface area contributed by atoms with E-state index in [1.165, 1.54) is 4.90 Å². The first-order valence-electron chi connectivity index (χ1n) is 11.4. The van der Waals surface area contributed by atoms with Gasteiger partial charge in [0, 0.05) is 13.6 Å². The quantitative estimate of drug-likeness (QED) is 0.579. The van der Waals surface area contributed by atoms with Gasteiger partial charge in [0.05, 0.1) is 30.1 Å². The maximum Gasteiger partial charge on any atom is 0.246 e. The van der Waals surface area contributed by atoms with Crippen LogP contribution in [0.3, 0.4) is 0 Å². The van der Waals surface area contributed by atoms with Crippen LogP contribution in [0.1, 0.15) is 39.2 Å². The molecule has 0 radical (unpaired) electrons. The van der Waals surface area contributed by atoms with Crippen molar-refractivity contribution < 1.29 is 24.2 Å². The molecule has 0 saturated carbocycles. The molecule has 3 saturated heterocycles. The molecule has 8 heteroatoms. The van der Waals surface area contributed by atoms with Crippen LogP contribution in [0.2, 0.25) is 0 Å². The predicted octanol–water partition coefficient (Wildman–Crippen LogP) is 0.830. The topological polar surface area (TPSA) is 108 Å². The Morgan fingerprint density at radius 1 is 1.28 bits per heavy atom. The van der Waals surface area contributed by atoms with E-state index in [9.17, 15) is 19.5 Å². The van der Waals surface area contributed by atoms with Crippen molar-refractivity contribution in [2.24, 2.45) is 17.8 Å². The molecule has 4 rings (SSSR count). The average molecular weight is 444 g/mol. The summed E-state index contributed by atoms with van der Waals surface area (Å²) in [5.41, 5.74) is -0.975. The third-order valence-corrected chi connectivity index (χ3v) is 7.91. The summed E-state index contributed by atoms with van der Waals surface area (Å²) >= 11 is 0. The summed E-state index contributed by atoms with van der Waals surface area (Å²) in [6.07, 6.45) is 1.00. The number of rotatable bonds is 7. The molecular weight excluding hydrogens is 410 g/mol. The van der Waals surface area contributed by atoms with E-state index in [0.29, 0.717) is 19.4 Å². The Morgan fingerprint density at radius 3 is 2.56 bits per heavy atom. The normalized spacial score (nSPS) is 36.2. The van der Waals surface area contributed by atoms with Crippen LogP contribution in [-0.4, -0.2) is 64.7 Å². The van der Waals surface area contributed by atoms with Crippen LogP contribution >= 0.6 is 0 Å². The average Bonchev–Trinajstić information content (AvgIpc) is 3.30. The van der Waals surface area contributed by atoms with Crippen LogP contribution in [0.25, 0.3) is 0 Å². The van der Waals surface area contributed by atoms with Crippen molar-refractivity contribution in [2.45, 2.75) is 63.4 Å². The van der Waals surface area contributed by atoms with Crippen LogP contribution < -0.4 is 10.6 Å². The van der Waals surface area contributed by atoms with Crippen molar-refractivity contribution in [3.8, 4) is 0 Å². The van der Waals surface area contributed by atoms with Gasteiger partial charge >= 0.3 is 0 Å². The van der Waals surface area contributed by atoms with Crippen molar-refractivity contribution in [2.75, 3.05) is 13.7 Å². The van der Waals surface area contributed by atoms with E-state index in [-0.39, 0.29) is 30.2 Å². The molecule has 3 N–H and O–H groups in total. The Labute approximate surface area is 188 Å². The number of likely N-dealkylation sites (tertiary alicyclic amines) is 1. The second-order valence-corrected chi connectivity index (χ2v) is 9.51. The summed E-state index contributed by atoms with van der Waals surface area (Å²) in [6.45, 7) is 5.82. The molecule has 1 aromatic rings. The molecular formula is C24H33N3O5. The number of aliphatic hydroxyl groups is 1. The van der Waals surface area contributed by atoms with Crippen LogP contribution in [0.5, 0.6) is 0 Å². The molecule has 3 aliphatic rings. The summed E-state index contributed by atoms with van der Waals surface area (Å²) in [4.78, 5) is 41.8. The van der Waals surface area contributed by atoms with Gasteiger partial charge in [-0.2, -0.15) is 0 Å². The van der Waals surface area contributed by atoms with Crippen molar-refractivity contribution >= 4 is 17.7 Å². The van der Waals surface area contributed by atoms with Crippen molar-refractivity contribution in [3.63, 3.8) is 0 Å². The molecule has 7 atom stereocenters. The summed E-state index contributed by atoms with van der Waals surface area (Å²) in [7, 11) is 1.55. The highest BCUT2D eigenvalue weighted by atomic mass is 16.5. The summed E-state index contributed by atoms with van der Waals surface area (Å²) in [6, 6.07) is 8.13. The highest BCUT2D eigenvalue weighted by Gasteiger charge is 2.80. The molecule has 3 amide bonds. The second kappa shape index (κ2) is 8.15. The molecule has 3 heterocycles. The molecule has 32 heavy (non-hydrogen) atoms. The lowest BCUT2D eigenvalue weighted by Crippen LogP contribution is -2.58. The predicted molar refractivity (Wildman–Crippen MR) is 117 cm³/mol. The maximum atomic E-state index is 13.8. The zero-order valence-corrected chi connectivity index (χ0v) is 19.1. The zero-order valence-electron chi connectivity index (χ0n) is 19.1. The van der Waals surface area contributed by atoms with E-state index in [1.807, 2.05) is 51.1 Å². The number of hydrogen-bond acceptors (Lipinski definition) is 5. The Morgan fingerprint density at radius 2 is 1.97 bits per heavy atom. The minimum Gasteiger partial charge on any atom is -0.394 e. The number of carbonyl (C=O) groups is 3.